The van der Waals surface area contributed by atoms with Gasteiger partial charge >= 0.3 is 0 Å². The molecule has 2 heterocycles. The van der Waals surface area contributed by atoms with E-state index in [1.54, 1.807) is 6.07 Å². The van der Waals surface area contributed by atoms with Crippen LogP contribution < -0.4 is 11.3 Å². The maximum absolute atomic E-state index is 12.5. The molecule has 0 radical (unpaired) electrons. The Bertz CT molecular complexity index is 453. The van der Waals surface area contributed by atoms with Crippen LogP contribution in [-0.4, -0.2) is 28.9 Å². The van der Waals surface area contributed by atoms with E-state index in [-0.39, 0.29) is 11.8 Å². The number of amides is 1. The van der Waals surface area contributed by atoms with Crippen LogP contribution in [0.5, 0.6) is 0 Å². The average molecular weight is 262 g/mol. The summed E-state index contributed by atoms with van der Waals surface area (Å²) in [7, 11) is 0. The highest BCUT2D eigenvalue weighted by molar-refractivity contribution is 5.95. The molecule has 5 heteroatoms. The number of hydrazine groups is 1. The Morgan fingerprint density at radius 2 is 2.00 bits per heavy atom. The highest BCUT2D eigenvalue weighted by atomic mass is 16.2. The number of nitrogens with zero attached hydrogens (tertiary/aromatic N) is 2. The summed E-state index contributed by atoms with van der Waals surface area (Å²) >= 11 is 0. The first-order chi connectivity index (χ1) is 9.11. The van der Waals surface area contributed by atoms with E-state index < -0.39 is 0 Å². The number of carbonyl (C=O) groups excluding carboxylic acids is 1. The second kappa shape index (κ2) is 6.02. The molecule has 0 bridgehead atoms. The lowest BCUT2D eigenvalue weighted by Gasteiger charge is -2.27. The van der Waals surface area contributed by atoms with Gasteiger partial charge < -0.3 is 10.3 Å². The van der Waals surface area contributed by atoms with Gasteiger partial charge in [-0.05, 0) is 37.3 Å². The average Bonchev–Trinajstić information content (AvgIpc) is 2.46. The van der Waals surface area contributed by atoms with Gasteiger partial charge in [0.1, 0.15) is 5.82 Å². The molecule has 0 unspecified atom stereocenters. The summed E-state index contributed by atoms with van der Waals surface area (Å²) in [5, 5.41) is 0. The summed E-state index contributed by atoms with van der Waals surface area (Å²) in [4.78, 5) is 18.8. The standard InChI is InChI=1S/C14H22N4O/c1-10(2)12-8-11(9-13(16-12)17-15)14(19)18-6-4-3-5-7-18/h8-10H,3-7,15H2,1-2H3,(H,16,17). The molecular formula is C14H22N4O. The van der Waals surface area contributed by atoms with E-state index in [9.17, 15) is 4.79 Å². The molecule has 0 saturated carbocycles. The zero-order valence-corrected chi connectivity index (χ0v) is 11.6. The van der Waals surface area contributed by atoms with E-state index in [2.05, 4.69) is 24.3 Å². The maximum Gasteiger partial charge on any atom is 0.254 e. The molecule has 1 saturated heterocycles. The fourth-order valence-corrected chi connectivity index (χ4v) is 2.32. The van der Waals surface area contributed by atoms with E-state index in [1.807, 2.05) is 11.0 Å². The molecule has 3 N–H and O–H groups in total. The highest BCUT2D eigenvalue weighted by Gasteiger charge is 2.19. The van der Waals surface area contributed by atoms with Crippen molar-refractivity contribution in [3.8, 4) is 0 Å². The van der Waals surface area contributed by atoms with Gasteiger partial charge in [-0.15, -0.1) is 0 Å². The maximum atomic E-state index is 12.5. The molecule has 1 aliphatic heterocycles. The van der Waals surface area contributed by atoms with Crippen molar-refractivity contribution in [2.75, 3.05) is 18.5 Å². The second-order valence-electron chi connectivity index (χ2n) is 5.32. The third-order valence-corrected chi connectivity index (χ3v) is 3.47. The smallest absolute Gasteiger partial charge is 0.254 e. The molecule has 1 aromatic rings. The fraction of sp³-hybridized carbons (Fsp3) is 0.571. The van der Waals surface area contributed by atoms with E-state index in [0.29, 0.717) is 11.4 Å². The minimum absolute atomic E-state index is 0.0838. The van der Waals surface area contributed by atoms with Crippen molar-refractivity contribution < 1.29 is 4.79 Å². The first kappa shape index (κ1) is 13.8. The minimum atomic E-state index is 0.0838. The molecule has 104 valence electrons. The van der Waals surface area contributed by atoms with Crippen LogP contribution in [0.15, 0.2) is 12.1 Å². The molecule has 19 heavy (non-hydrogen) atoms. The minimum Gasteiger partial charge on any atom is -0.339 e. The van der Waals surface area contributed by atoms with Gasteiger partial charge in [-0.3, -0.25) is 4.79 Å². The third-order valence-electron chi connectivity index (χ3n) is 3.47. The number of rotatable bonds is 3. The van der Waals surface area contributed by atoms with E-state index in [4.69, 9.17) is 5.84 Å². The number of hydrogen-bond donors (Lipinski definition) is 2. The third kappa shape index (κ3) is 3.23. The van der Waals surface area contributed by atoms with Crippen molar-refractivity contribution >= 4 is 11.7 Å². The van der Waals surface area contributed by atoms with Crippen LogP contribution in [0.1, 0.15) is 55.1 Å². The molecule has 1 aliphatic rings. The summed E-state index contributed by atoms with van der Waals surface area (Å²) in [5.41, 5.74) is 4.10. The van der Waals surface area contributed by atoms with Crippen LogP contribution >= 0.6 is 0 Å². The summed E-state index contributed by atoms with van der Waals surface area (Å²) < 4.78 is 0. The lowest BCUT2D eigenvalue weighted by atomic mass is 10.1. The monoisotopic (exact) mass is 262 g/mol. The molecule has 0 aromatic carbocycles. The van der Waals surface area contributed by atoms with E-state index >= 15 is 0 Å². The first-order valence-corrected chi connectivity index (χ1v) is 6.89. The number of likely N-dealkylation sites (tertiary alicyclic amines) is 1. The van der Waals surface area contributed by atoms with Crippen LogP contribution in [0.25, 0.3) is 0 Å². The van der Waals surface area contributed by atoms with Crippen LogP contribution in [-0.2, 0) is 0 Å². The SMILES string of the molecule is CC(C)c1cc(C(=O)N2CCCCC2)cc(NN)n1. The number of nitrogen functional groups attached to an aromatic ring is 1. The van der Waals surface area contributed by atoms with Crippen molar-refractivity contribution in [2.45, 2.75) is 39.0 Å². The van der Waals surface area contributed by atoms with Crippen LogP contribution in [0.4, 0.5) is 5.82 Å². The molecule has 0 spiro atoms. The summed E-state index contributed by atoms with van der Waals surface area (Å²) in [6.07, 6.45) is 3.40. The molecule has 1 aromatic heterocycles. The fourth-order valence-electron chi connectivity index (χ4n) is 2.32. The summed E-state index contributed by atoms with van der Waals surface area (Å²) in [6.45, 7) is 5.81. The Morgan fingerprint density at radius 1 is 1.32 bits per heavy atom. The highest BCUT2D eigenvalue weighted by Crippen LogP contribution is 2.20. The Kier molecular flexibility index (Phi) is 4.37. The summed E-state index contributed by atoms with van der Waals surface area (Å²) in [5.74, 6) is 6.33. The predicted octanol–water partition coefficient (Wildman–Crippen LogP) is 2.12. The van der Waals surface area contributed by atoms with Gasteiger partial charge in [-0.25, -0.2) is 10.8 Å². The lowest BCUT2D eigenvalue weighted by molar-refractivity contribution is 0.0724. The zero-order valence-electron chi connectivity index (χ0n) is 11.6. The first-order valence-electron chi connectivity index (χ1n) is 6.89. The number of hydrogen-bond acceptors (Lipinski definition) is 4. The number of nitrogens with one attached hydrogen (secondary N) is 1. The number of carbonyl (C=O) groups is 1. The molecule has 2 rings (SSSR count). The Morgan fingerprint density at radius 3 is 2.58 bits per heavy atom. The van der Waals surface area contributed by atoms with Gasteiger partial charge in [0.05, 0.1) is 0 Å². The van der Waals surface area contributed by atoms with E-state index in [0.717, 1.165) is 31.6 Å². The Hall–Kier alpha value is -1.62. The van der Waals surface area contributed by atoms with Crippen molar-refractivity contribution in [3.05, 3.63) is 23.4 Å². The number of aromatic nitrogens is 1. The van der Waals surface area contributed by atoms with Gasteiger partial charge in [0.25, 0.3) is 5.91 Å². The molecular weight excluding hydrogens is 240 g/mol. The van der Waals surface area contributed by atoms with Gasteiger partial charge in [-0.1, -0.05) is 13.8 Å². The topological polar surface area (TPSA) is 71.2 Å². The van der Waals surface area contributed by atoms with Crippen LogP contribution in [0.2, 0.25) is 0 Å². The predicted molar refractivity (Wildman–Crippen MR) is 75.9 cm³/mol. The Balaban J connectivity index is 2.26. The van der Waals surface area contributed by atoms with Gasteiger partial charge in [0.2, 0.25) is 0 Å². The number of nitrogens with two attached hydrogens (primary N) is 1. The molecule has 1 fully saturated rings. The van der Waals surface area contributed by atoms with E-state index in [1.165, 1.54) is 6.42 Å². The number of anilines is 1. The normalized spacial score (nSPS) is 15.7. The lowest BCUT2D eigenvalue weighted by Crippen LogP contribution is -2.35. The Labute approximate surface area is 114 Å². The largest absolute Gasteiger partial charge is 0.339 e. The van der Waals surface area contributed by atoms with Crippen molar-refractivity contribution in [2.24, 2.45) is 5.84 Å². The van der Waals surface area contributed by atoms with Crippen LogP contribution in [0, 0.1) is 0 Å². The number of piperidine rings is 1. The number of pyridine rings is 1. The summed E-state index contributed by atoms with van der Waals surface area (Å²) in [6, 6.07) is 3.60. The van der Waals surface area contributed by atoms with Crippen molar-refractivity contribution in [1.29, 1.82) is 0 Å². The quantitative estimate of drug-likeness (QED) is 0.646. The zero-order chi connectivity index (χ0) is 13.8. The van der Waals surface area contributed by atoms with Gasteiger partial charge in [0.15, 0.2) is 0 Å². The van der Waals surface area contributed by atoms with Crippen molar-refractivity contribution in [3.63, 3.8) is 0 Å². The van der Waals surface area contributed by atoms with Crippen molar-refractivity contribution in [1.82, 2.24) is 9.88 Å². The molecule has 0 aliphatic carbocycles. The molecule has 0 atom stereocenters. The van der Waals surface area contributed by atoms with Gasteiger partial charge in [0, 0.05) is 24.3 Å². The molecule has 1 amide bonds. The van der Waals surface area contributed by atoms with Crippen LogP contribution in [0.3, 0.4) is 0 Å². The molecule has 5 nitrogen and oxygen atoms in total. The van der Waals surface area contributed by atoms with Gasteiger partial charge in [-0.2, -0.15) is 0 Å². The second-order valence-corrected chi connectivity index (χ2v) is 5.32.